The van der Waals surface area contributed by atoms with Gasteiger partial charge >= 0.3 is 0 Å². The fourth-order valence-electron chi connectivity index (χ4n) is 2.53. The molecule has 1 fully saturated rings. The summed E-state index contributed by atoms with van der Waals surface area (Å²) in [5, 5.41) is 2.82. The summed E-state index contributed by atoms with van der Waals surface area (Å²) >= 11 is 0. The van der Waals surface area contributed by atoms with Gasteiger partial charge in [-0.2, -0.15) is 0 Å². The van der Waals surface area contributed by atoms with Gasteiger partial charge in [0.15, 0.2) is 0 Å². The summed E-state index contributed by atoms with van der Waals surface area (Å²) in [6.07, 6.45) is 3.23. The molecule has 0 spiro atoms. The van der Waals surface area contributed by atoms with Crippen LogP contribution < -0.4 is 5.32 Å². The maximum atomic E-state index is 12.4. The van der Waals surface area contributed by atoms with Gasteiger partial charge in [-0.1, -0.05) is 20.8 Å². The highest BCUT2D eigenvalue weighted by molar-refractivity contribution is 5.97. The molecule has 1 atom stereocenters. The highest BCUT2D eigenvalue weighted by Crippen LogP contribution is 2.26. The van der Waals surface area contributed by atoms with Crippen molar-refractivity contribution in [1.29, 1.82) is 0 Å². The van der Waals surface area contributed by atoms with Crippen molar-refractivity contribution in [3.05, 3.63) is 23.9 Å². The number of nitrogens with zero attached hydrogens (tertiary/aromatic N) is 2. The van der Waals surface area contributed by atoms with Gasteiger partial charge in [-0.3, -0.25) is 9.59 Å². The van der Waals surface area contributed by atoms with Gasteiger partial charge in [-0.05, 0) is 37.5 Å². The van der Waals surface area contributed by atoms with Crippen molar-refractivity contribution in [2.45, 2.75) is 46.6 Å². The van der Waals surface area contributed by atoms with Crippen molar-refractivity contribution < 1.29 is 9.59 Å². The molecule has 1 unspecified atom stereocenters. The van der Waals surface area contributed by atoms with Gasteiger partial charge in [0.05, 0.1) is 0 Å². The van der Waals surface area contributed by atoms with E-state index in [-0.39, 0.29) is 17.9 Å². The number of aromatic nitrogens is 1. The molecule has 1 aromatic heterocycles. The minimum atomic E-state index is -0.468. The molecule has 1 aromatic rings. The predicted octanol–water partition coefficient (Wildman–Crippen LogP) is 2.37. The number of anilines is 1. The van der Waals surface area contributed by atoms with E-state index in [1.165, 1.54) is 0 Å². The number of aryl methyl sites for hydroxylation is 1. The number of likely N-dealkylation sites (tertiary alicyclic amines) is 1. The lowest BCUT2D eigenvalue weighted by atomic mass is 9.94. The van der Waals surface area contributed by atoms with Crippen LogP contribution in [0.25, 0.3) is 0 Å². The van der Waals surface area contributed by atoms with Crippen LogP contribution in [-0.2, 0) is 9.59 Å². The van der Waals surface area contributed by atoms with Gasteiger partial charge in [0.1, 0.15) is 11.9 Å². The van der Waals surface area contributed by atoms with Crippen LogP contribution in [0.5, 0.6) is 0 Å². The van der Waals surface area contributed by atoms with E-state index in [1.54, 1.807) is 11.1 Å². The van der Waals surface area contributed by atoms with Crippen LogP contribution >= 0.6 is 0 Å². The molecule has 0 aromatic carbocycles. The number of carbonyl (C=O) groups is 2. The van der Waals surface area contributed by atoms with Gasteiger partial charge < -0.3 is 10.2 Å². The van der Waals surface area contributed by atoms with Crippen LogP contribution in [0.4, 0.5) is 5.82 Å². The van der Waals surface area contributed by atoms with Gasteiger partial charge in [0.2, 0.25) is 11.8 Å². The first-order chi connectivity index (χ1) is 9.79. The summed E-state index contributed by atoms with van der Waals surface area (Å²) < 4.78 is 0. The molecule has 0 radical (unpaired) electrons. The summed E-state index contributed by atoms with van der Waals surface area (Å²) in [6, 6.07) is 3.31. The SMILES string of the molecule is Cc1ccnc(NC(=O)C2CCCN2C(=O)C(C)(C)C)c1. The quantitative estimate of drug-likeness (QED) is 0.909. The smallest absolute Gasteiger partial charge is 0.248 e. The van der Waals surface area contributed by atoms with Crippen LogP contribution in [0, 0.1) is 12.3 Å². The fourth-order valence-corrected chi connectivity index (χ4v) is 2.53. The first-order valence-corrected chi connectivity index (χ1v) is 7.33. The summed E-state index contributed by atoms with van der Waals surface area (Å²) in [4.78, 5) is 30.7. The van der Waals surface area contributed by atoms with Gasteiger partial charge in [-0.15, -0.1) is 0 Å². The maximum Gasteiger partial charge on any atom is 0.248 e. The van der Waals surface area contributed by atoms with Crippen molar-refractivity contribution in [2.24, 2.45) is 5.41 Å². The van der Waals surface area contributed by atoms with Gasteiger partial charge in [0.25, 0.3) is 0 Å². The number of nitrogens with one attached hydrogen (secondary N) is 1. The highest BCUT2D eigenvalue weighted by atomic mass is 16.2. The van der Waals surface area contributed by atoms with Crippen molar-refractivity contribution in [3.63, 3.8) is 0 Å². The van der Waals surface area contributed by atoms with E-state index in [0.29, 0.717) is 18.8 Å². The second-order valence-corrected chi connectivity index (χ2v) is 6.61. The Kier molecular flexibility index (Phi) is 4.30. The Morgan fingerprint density at radius 2 is 2.10 bits per heavy atom. The minimum Gasteiger partial charge on any atom is -0.330 e. The molecule has 1 aliphatic rings. The molecule has 2 amide bonds. The Morgan fingerprint density at radius 1 is 1.38 bits per heavy atom. The predicted molar refractivity (Wildman–Crippen MR) is 81.8 cm³/mol. The van der Waals surface area contributed by atoms with E-state index < -0.39 is 5.41 Å². The van der Waals surface area contributed by atoms with Crippen LogP contribution in [0.1, 0.15) is 39.2 Å². The lowest BCUT2D eigenvalue weighted by Crippen LogP contribution is -2.47. The summed E-state index contributed by atoms with van der Waals surface area (Å²) in [5.41, 5.74) is 0.569. The number of hydrogen-bond acceptors (Lipinski definition) is 3. The van der Waals surface area contributed by atoms with E-state index in [2.05, 4.69) is 10.3 Å². The molecule has 0 bridgehead atoms. The zero-order valence-electron chi connectivity index (χ0n) is 13.1. The van der Waals surface area contributed by atoms with E-state index in [9.17, 15) is 9.59 Å². The highest BCUT2D eigenvalue weighted by Gasteiger charge is 2.38. The molecule has 2 heterocycles. The molecular weight excluding hydrogens is 266 g/mol. The molecule has 0 saturated carbocycles. The molecule has 5 heteroatoms. The Bertz CT molecular complexity index is 549. The molecular formula is C16H23N3O2. The third-order valence-corrected chi connectivity index (χ3v) is 3.62. The molecule has 114 valence electrons. The third kappa shape index (κ3) is 3.60. The Balaban J connectivity index is 2.09. The lowest BCUT2D eigenvalue weighted by molar-refractivity contribution is -0.143. The number of amides is 2. The molecule has 2 rings (SSSR count). The van der Waals surface area contributed by atoms with Crippen LogP contribution in [0.3, 0.4) is 0 Å². The number of hydrogen-bond donors (Lipinski definition) is 1. The summed E-state index contributed by atoms with van der Waals surface area (Å²) in [6.45, 7) is 8.23. The average molecular weight is 289 g/mol. The number of pyridine rings is 1. The maximum absolute atomic E-state index is 12.4. The Hall–Kier alpha value is -1.91. The zero-order chi connectivity index (χ0) is 15.6. The van der Waals surface area contributed by atoms with E-state index in [1.807, 2.05) is 39.8 Å². The molecule has 21 heavy (non-hydrogen) atoms. The second kappa shape index (κ2) is 5.84. The standard InChI is InChI=1S/C16H23N3O2/c1-11-7-8-17-13(10-11)18-14(20)12-6-5-9-19(12)15(21)16(2,3)4/h7-8,10,12H,5-6,9H2,1-4H3,(H,17,18,20). The topological polar surface area (TPSA) is 62.3 Å². The van der Waals surface area contributed by atoms with Crippen molar-refractivity contribution >= 4 is 17.6 Å². The summed E-state index contributed by atoms with van der Waals surface area (Å²) in [5.74, 6) is 0.413. The normalized spacial score (nSPS) is 18.7. The van der Waals surface area contributed by atoms with Crippen molar-refractivity contribution in [2.75, 3.05) is 11.9 Å². The molecule has 1 aliphatic heterocycles. The largest absolute Gasteiger partial charge is 0.330 e. The van der Waals surface area contributed by atoms with E-state index in [0.717, 1.165) is 12.0 Å². The van der Waals surface area contributed by atoms with Crippen LogP contribution in [0.2, 0.25) is 0 Å². The Labute approximate surface area is 125 Å². The van der Waals surface area contributed by atoms with Gasteiger partial charge in [0, 0.05) is 18.2 Å². The van der Waals surface area contributed by atoms with Crippen molar-refractivity contribution in [3.8, 4) is 0 Å². The first-order valence-electron chi connectivity index (χ1n) is 7.33. The molecule has 0 aliphatic carbocycles. The molecule has 1 N–H and O–H groups in total. The van der Waals surface area contributed by atoms with E-state index in [4.69, 9.17) is 0 Å². The fraction of sp³-hybridized carbons (Fsp3) is 0.562. The summed E-state index contributed by atoms with van der Waals surface area (Å²) in [7, 11) is 0. The Morgan fingerprint density at radius 3 is 2.71 bits per heavy atom. The van der Waals surface area contributed by atoms with Crippen LogP contribution in [-0.4, -0.2) is 34.3 Å². The van der Waals surface area contributed by atoms with E-state index >= 15 is 0 Å². The molecule has 5 nitrogen and oxygen atoms in total. The van der Waals surface area contributed by atoms with Gasteiger partial charge in [-0.25, -0.2) is 4.98 Å². The second-order valence-electron chi connectivity index (χ2n) is 6.61. The first kappa shape index (κ1) is 15.5. The third-order valence-electron chi connectivity index (χ3n) is 3.62. The van der Waals surface area contributed by atoms with Crippen LogP contribution in [0.15, 0.2) is 18.3 Å². The minimum absolute atomic E-state index is 0.0253. The molecule has 1 saturated heterocycles. The monoisotopic (exact) mass is 289 g/mol. The lowest BCUT2D eigenvalue weighted by Gasteiger charge is -2.30. The average Bonchev–Trinajstić information content (AvgIpc) is 2.85. The number of rotatable bonds is 2. The zero-order valence-corrected chi connectivity index (χ0v) is 13.1. The van der Waals surface area contributed by atoms with Crippen molar-refractivity contribution in [1.82, 2.24) is 9.88 Å². The number of carbonyl (C=O) groups excluding carboxylic acids is 2.